The quantitative estimate of drug-likeness (QED) is 0.939. The summed E-state index contributed by atoms with van der Waals surface area (Å²) in [6.07, 6.45) is 1.42. The Hall–Kier alpha value is -1.66. The van der Waals surface area contributed by atoms with Crippen molar-refractivity contribution in [3.05, 3.63) is 38.9 Å². The first kappa shape index (κ1) is 13.8. The first-order valence-corrected chi connectivity index (χ1v) is 6.80. The van der Waals surface area contributed by atoms with Gasteiger partial charge in [-0.25, -0.2) is 9.97 Å². The molecule has 0 aliphatic rings. The number of nitrogens with two attached hydrogens (primary N) is 1. The average molecular weight is 297 g/mol. The topological polar surface area (TPSA) is 72.1 Å². The molecule has 2 rings (SSSR count). The molecule has 0 saturated heterocycles. The molecular weight excluding hydrogens is 284 g/mol. The van der Waals surface area contributed by atoms with Crippen LogP contribution in [-0.2, 0) is 6.54 Å². The number of amides is 1. The molecule has 0 spiro atoms. The van der Waals surface area contributed by atoms with Gasteiger partial charge in [0.05, 0.1) is 17.1 Å². The van der Waals surface area contributed by atoms with Gasteiger partial charge in [-0.3, -0.25) is 4.79 Å². The van der Waals surface area contributed by atoms with Gasteiger partial charge in [-0.1, -0.05) is 11.6 Å². The van der Waals surface area contributed by atoms with Crippen LogP contribution in [0.25, 0.3) is 0 Å². The number of aryl methyl sites for hydroxylation is 1. The van der Waals surface area contributed by atoms with E-state index in [4.69, 9.17) is 17.3 Å². The number of halogens is 1. The van der Waals surface area contributed by atoms with E-state index in [1.54, 1.807) is 11.3 Å². The second kappa shape index (κ2) is 5.54. The average Bonchev–Trinajstić information content (AvgIpc) is 2.74. The van der Waals surface area contributed by atoms with Crippen LogP contribution in [0, 0.1) is 6.92 Å². The van der Waals surface area contributed by atoms with Crippen LogP contribution >= 0.6 is 22.9 Å². The fraction of sp³-hybridized carbons (Fsp3) is 0.250. The van der Waals surface area contributed by atoms with Crippen LogP contribution in [0.15, 0.2) is 17.6 Å². The molecule has 0 radical (unpaired) electrons. The van der Waals surface area contributed by atoms with Gasteiger partial charge in [0, 0.05) is 24.3 Å². The minimum atomic E-state index is -0.542. The summed E-state index contributed by atoms with van der Waals surface area (Å²) in [7, 11) is 1.87. The minimum Gasteiger partial charge on any atom is -0.366 e. The number of nitrogens with zero attached hydrogens (tertiary/aromatic N) is 3. The molecule has 0 bridgehead atoms. The molecule has 0 unspecified atom stereocenters. The lowest BCUT2D eigenvalue weighted by atomic mass is 10.2. The Labute approximate surface area is 120 Å². The fourth-order valence-electron chi connectivity index (χ4n) is 1.60. The van der Waals surface area contributed by atoms with Crippen molar-refractivity contribution in [1.82, 2.24) is 9.97 Å². The monoisotopic (exact) mass is 296 g/mol. The number of carbonyl (C=O) groups is 1. The number of aromatic nitrogens is 2. The van der Waals surface area contributed by atoms with Crippen molar-refractivity contribution in [2.75, 3.05) is 11.9 Å². The molecule has 7 heteroatoms. The molecule has 19 heavy (non-hydrogen) atoms. The minimum absolute atomic E-state index is 0.298. The normalized spacial score (nSPS) is 10.5. The van der Waals surface area contributed by atoms with E-state index in [2.05, 4.69) is 9.97 Å². The fourth-order valence-corrected chi connectivity index (χ4v) is 2.73. The zero-order valence-electron chi connectivity index (χ0n) is 10.6. The second-order valence-corrected chi connectivity index (χ2v) is 5.48. The van der Waals surface area contributed by atoms with E-state index in [1.807, 2.05) is 24.3 Å². The van der Waals surface area contributed by atoms with Crippen molar-refractivity contribution < 1.29 is 4.79 Å². The zero-order valence-corrected chi connectivity index (χ0v) is 12.1. The van der Waals surface area contributed by atoms with Crippen LogP contribution in [0.2, 0.25) is 5.02 Å². The third kappa shape index (κ3) is 3.21. The number of anilines is 1. The van der Waals surface area contributed by atoms with Gasteiger partial charge in [0.25, 0.3) is 0 Å². The summed E-state index contributed by atoms with van der Waals surface area (Å²) < 4.78 is 0. The highest BCUT2D eigenvalue weighted by Crippen LogP contribution is 2.24. The predicted octanol–water partition coefficient (Wildman–Crippen LogP) is 2.24. The number of hydrogen-bond acceptors (Lipinski definition) is 5. The highest BCUT2D eigenvalue weighted by Gasteiger charge is 2.12. The van der Waals surface area contributed by atoms with Gasteiger partial charge in [0.1, 0.15) is 10.8 Å². The molecule has 0 atom stereocenters. The van der Waals surface area contributed by atoms with E-state index in [9.17, 15) is 4.79 Å². The number of hydrogen-bond donors (Lipinski definition) is 1. The smallest absolute Gasteiger partial charge is 0.250 e. The van der Waals surface area contributed by atoms with Crippen LogP contribution < -0.4 is 10.6 Å². The van der Waals surface area contributed by atoms with E-state index in [1.165, 1.54) is 12.3 Å². The summed E-state index contributed by atoms with van der Waals surface area (Å²) in [4.78, 5) is 21.5. The third-order valence-electron chi connectivity index (χ3n) is 2.51. The SMILES string of the molecule is Cc1csc(CN(C)c2ncc(C(N)=O)cc2Cl)n1. The Morgan fingerprint density at radius 1 is 1.58 bits per heavy atom. The number of carbonyl (C=O) groups excluding carboxylic acids is 1. The number of primary amides is 1. The number of thiazole rings is 1. The van der Waals surface area contributed by atoms with Crippen LogP contribution in [0.4, 0.5) is 5.82 Å². The van der Waals surface area contributed by atoms with Gasteiger partial charge in [-0.15, -0.1) is 11.3 Å². The molecular formula is C12H13ClN4OS. The van der Waals surface area contributed by atoms with Gasteiger partial charge in [-0.05, 0) is 13.0 Å². The maximum Gasteiger partial charge on any atom is 0.250 e. The summed E-state index contributed by atoms with van der Waals surface area (Å²) in [6.45, 7) is 2.56. The summed E-state index contributed by atoms with van der Waals surface area (Å²) >= 11 is 7.70. The Morgan fingerprint density at radius 3 is 2.84 bits per heavy atom. The molecule has 0 fully saturated rings. The molecule has 0 aliphatic carbocycles. The van der Waals surface area contributed by atoms with Gasteiger partial charge in [0.15, 0.2) is 0 Å². The lowest BCUT2D eigenvalue weighted by Gasteiger charge is -2.18. The van der Waals surface area contributed by atoms with Crippen molar-refractivity contribution in [2.45, 2.75) is 13.5 Å². The van der Waals surface area contributed by atoms with E-state index < -0.39 is 5.91 Å². The van der Waals surface area contributed by atoms with Crippen molar-refractivity contribution in [3.8, 4) is 0 Å². The highest BCUT2D eigenvalue weighted by atomic mass is 35.5. The molecule has 2 aromatic heterocycles. The molecule has 5 nitrogen and oxygen atoms in total. The lowest BCUT2D eigenvalue weighted by Crippen LogP contribution is -2.19. The largest absolute Gasteiger partial charge is 0.366 e. The van der Waals surface area contributed by atoms with Gasteiger partial charge < -0.3 is 10.6 Å². The van der Waals surface area contributed by atoms with E-state index >= 15 is 0 Å². The first-order valence-electron chi connectivity index (χ1n) is 5.55. The standard InChI is InChI=1S/C12H13ClN4OS/c1-7-6-19-10(16-7)5-17(2)12-9(13)3-8(4-15-12)11(14)18/h3-4,6H,5H2,1-2H3,(H2,14,18). The van der Waals surface area contributed by atoms with E-state index in [-0.39, 0.29) is 0 Å². The van der Waals surface area contributed by atoms with Gasteiger partial charge in [-0.2, -0.15) is 0 Å². The molecule has 1 amide bonds. The Bertz CT molecular complexity index is 614. The molecule has 0 saturated carbocycles. The van der Waals surface area contributed by atoms with Crippen LogP contribution in [0.1, 0.15) is 21.1 Å². The van der Waals surface area contributed by atoms with Crippen molar-refractivity contribution in [3.63, 3.8) is 0 Å². The summed E-state index contributed by atoms with van der Waals surface area (Å²) in [5.74, 6) is 0.0543. The zero-order chi connectivity index (χ0) is 14.0. The van der Waals surface area contributed by atoms with Gasteiger partial charge >= 0.3 is 0 Å². The van der Waals surface area contributed by atoms with Gasteiger partial charge in [0.2, 0.25) is 5.91 Å². The van der Waals surface area contributed by atoms with Crippen LogP contribution in [0.3, 0.4) is 0 Å². The van der Waals surface area contributed by atoms with E-state index in [0.29, 0.717) is 22.9 Å². The Kier molecular flexibility index (Phi) is 4.01. The predicted molar refractivity (Wildman–Crippen MR) is 76.7 cm³/mol. The number of pyridine rings is 1. The first-order chi connectivity index (χ1) is 8.97. The molecule has 2 N–H and O–H groups in total. The summed E-state index contributed by atoms with van der Waals surface area (Å²) in [6, 6.07) is 1.52. The van der Waals surface area contributed by atoms with Crippen molar-refractivity contribution in [1.29, 1.82) is 0 Å². The van der Waals surface area contributed by atoms with Crippen molar-refractivity contribution in [2.24, 2.45) is 5.73 Å². The molecule has 0 aliphatic heterocycles. The Morgan fingerprint density at radius 2 is 2.32 bits per heavy atom. The maximum atomic E-state index is 11.0. The number of rotatable bonds is 4. The summed E-state index contributed by atoms with van der Waals surface area (Å²) in [5, 5.41) is 3.37. The van der Waals surface area contributed by atoms with Crippen LogP contribution in [-0.4, -0.2) is 22.9 Å². The third-order valence-corrected chi connectivity index (χ3v) is 3.74. The van der Waals surface area contributed by atoms with Crippen molar-refractivity contribution >= 4 is 34.7 Å². The summed E-state index contributed by atoms with van der Waals surface area (Å²) in [5.41, 5.74) is 6.47. The van der Waals surface area contributed by atoms with E-state index in [0.717, 1.165) is 10.7 Å². The molecule has 0 aromatic carbocycles. The Balaban J connectivity index is 2.19. The maximum absolute atomic E-state index is 11.0. The second-order valence-electron chi connectivity index (χ2n) is 4.13. The van der Waals surface area contributed by atoms with Crippen LogP contribution in [0.5, 0.6) is 0 Å². The lowest BCUT2D eigenvalue weighted by molar-refractivity contribution is 0.1000. The molecule has 2 heterocycles. The molecule has 2 aromatic rings. The highest BCUT2D eigenvalue weighted by molar-refractivity contribution is 7.09. The molecule has 100 valence electrons.